The molecule has 0 fully saturated rings. The lowest BCUT2D eigenvalue weighted by Gasteiger charge is -2.31. The highest BCUT2D eigenvalue weighted by molar-refractivity contribution is 5.22. The van der Waals surface area contributed by atoms with Crippen molar-refractivity contribution < 1.29 is 4.52 Å². The van der Waals surface area contributed by atoms with Crippen LogP contribution >= 0.6 is 0 Å². The van der Waals surface area contributed by atoms with Crippen molar-refractivity contribution in [2.75, 3.05) is 0 Å². The van der Waals surface area contributed by atoms with E-state index < -0.39 is 0 Å². The van der Waals surface area contributed by atoms with E-state index in [2.05, 4.69) is 54.2 Å². The number of aryl methyl sites for hydroxylation is 2. The molecule has 2 heterocycles. The van der Waals surface area contributed by atoms with E-state index in [1.807, 2.05) is 12.3 Å². The fourth-order valence-corrected chi connectivity index (χ4v) is 2.22. The summed E-state index contributed by atoms with van der Waals surface area (Å²) in [4.78, 5) is 8.76. The predicted molar refractivity (Wildman–Crippen MR) is 77.0 cm³/mol. The van der Waals surface area contributed by atoms with Gasteiger partial charge in [-0.2, -0.15) is 4.98 Å². The molecule has 108 valence electrons. The highest BCUT2D eigenvalue weighted by Crippen LogP contribution is 2.33. The van der Waals surface area contributed by atoms with Gasteiger partial charge in [-0.3, -0.25) is 4.98 Å². The smallest absolute Gasteiger partial charge is 0.223 e. The Bertz CT molecular complexity index is 571. The highest BCUT2D eigenvalue weighted by atomic mass is 16.5. The zero-order valence-corrected chi connectivity index (χ0v) is 12.8. The number of aromatic nitrogens is 3. The maximum absolute atomic E-state index is 5.00. The molecule has 0 amide bonds. The number of pyridine rings is 1. The minimum absolute atomic E-state index is 0.0396. The van der Waals surface area contributed by atoms with Crippen molar-refractivity contribution in [1.29, 1.82) is 0 Å². The zero-order chi connectivity index (χ0) is 14.8. The van der Waals surface area contributed by atoms with Crippen LogP contribution in [0.5, 0.6) is 0 Å². The SMILES string of the molecule is Cc1nc(CNC(c2ncccc2C)C(C)(C)C)no1. The zero-order valence-electron chi connectivity index (χ0n) is 12.8. The van der Waals surface area contributed by atoms with Crippen molar-refractivity contribution in [2.45, 2.75) is 47.2 Å². The van der Waals surface area contributed by atoms with Crippen molar-refractivity contribution >= 4 is 0 Å². The molecule has 1 unspecified atom stereocenters. The number of rotatable bonds is 4. The van der Waals surface area contributed by atoms with Gasteiger partial charge in [-0.1, -0.05) is 32.0 Å². The third-order valence-corrected chi connectivity index (χ3v) is 3.22. The van der Waals surface area contributed by atoms with Gasteiger partial charge in [0.05, 0.1) is 18.3 Å². The molecule has 0 aliphatic rings. The summed E-state index contributed by atoms with van der Waals surface area (Å²) in [5, 5.41) is 7.42. The topological polar surface area (TPSA) is 63.8 Å². The molecule has 5 nitrogen and oxygen atoms in total. The summed E-state index contributed by atoms with van der Waals surface area (Å²) in [6.45, 7) is 11.0. The third kappa shape index (κ3) is 3.42. The van der Waals surface area contributed by atoms with Crippen LogP contribution in [0.1, 0.15) is 49.8 Å². The highest BCUT2D eigenvalue weighted by Gasteiger charge is 2.28. The average molecular weight is 274 g/mol. The van der Waals surface area contributed by atoms with Crippen molar-refractivity contribution in [1.82, 2.24) is 20.4 Å². The van der Waals surface area contributed by atoms with Gasteiger partial charge in [0.2, 0.25) is 5.89 Å². The second-order valence-corrected chi connectivity index (χ2v) is 6.12. The van der Waals surface area contributed by atoms with Gasteiger partial charge < -0.3 is 9.84 Å². The van der Waals surface area contributed by atoms with Crippen molar-refractivity contribution in [3.63, 3.8) is 0 Å². The van der Waals surface area contributed by atoms with Crippen LogP contribution in [0.2, 0.25) is 0 Å². The lowest BCUT2D eigenvalue weighted by molar-refractivity contribution is 0.261. The Morgan fingerprint density at radius 1 is 1.30 bits per heavy atom. The first-order valence-corrected chi connectivity index (χ1v) is 6.82. The van der Waals surface area contributed by atoms with E-state index in [0.29, 0.717) is 18.3 Å². The van der Waals surface area contributed by atoms with Gasteiger partial charge in [-0.05, 0) is 24.0 Å². The molecule has 2 rings (SSSR count). The van der Waals surface area contributed by atoms with E-state index >= 15 is 0 Å². The molecule has 5 heteroatoms. The van der Waals surface area contributed by atoms with Gasteiger partial charge in [-0.15, -0.1) is 0 Å². The van der Waals surface area contributed by atoms with Gasteiger partial charge >= 0.3 is 0 Å². The van der Waals surface area contributed by atoms with E-state index in [1.165, 1.54) is 5.56 Å². The van der Waals surface area contributed by atoms with Crippen molar-refractivity contribution in [2.24, 2.45) is 5.41 Å². The fraction of sp³-hybridized carbons (Fsp3) is 0.533. The largest absolute Gasteiger partial charge is 0.340 e. The van der Waals surface area contributed by atoms with E-state index in [9.17, 15) is 0 Å². The molecule has 0 saturated carbocycles. The Morgan fingerprint density at radius 2 is 2.05 bits per heavy atom. The van der Waals surface area contributed by atoms with Gasteiger partial charge in [0, 0.05) is 13.1 Å². The van der Waals surface area contributed by atoms with Crippen LogP contribution in [0.25, 0.3) is 0 Å². The Kier molecular flexibility index (Phi) is 4.18. The maximum Gasteiger partial charge on any atom is 0.223 e. The summed E-state index contributed by atoms with van der Waals surface area (Å²) in [5.41, 5.74) is 2.29. The molecule has 0 aliphatic carbocycles. The number of nitrogens with zero attached hydrogens (tertiary/aromatic N) is 3. The van der Waals surface area contributed by atoms with Crippen LogP contribution in [-0.2, 0) is 6.54 Å². The third-order valence-electron chi connectivity index (χ3n) is 3.22. The molecule has 0 spiro atoms. The maximum atomic E-state index is 5.00. The molecule has 0 aliphatic heterocycles. The standard InChI is InChI=1S/C15H22N4O/c1-10-7-6-8-16-13(10)14(15(3,4)5)17-9-12-18-11(2)20-19-12/h6-8,14,17H,9H2,1-5H3. The number of hydrogen-bond donors (Lipinski definition) is 1. The minimum atomic E-state index is 0.0396. The Morgan fingerprint density at radius 3 is 2.60 bits per heavy atom. The molecule has 0 bridgehead atoms. The Balaban J connectivity index is 2.19. The van der Waals surface area contributed by atoms with Crippen molar-refractivity contribution in [3.05, 3.63) is 41.3 Å². The minimum Gasteiger partial charge on any atom is -0.340 e. The lowest BCUT2D eigenvalue weighted by atomic mass is 9.83. The van der Waals surface area contributed by atoms with E-state index in [4.69, 9.17) is 4.52 Å². The number of nitrogens with one attached hydrogen (secondary N) is 1. The van der Waals surface area contributed by atoms with Gasteiger partial charge in [0.1, 0.15) is 0 Å². The molecule has 1 atom stereocenters. The normalized spacial score (nSPS) is 13.4. The van der Waals surface area contributed by atoms with Crippen LogP contribution in [0.15, 0.2) is 22.9 Å². The Hall–Kier alpha value is -1.75. The second kappa shape index (κ2) is 5.71. The van der Waals surface area contributed by atoms with E-state index in [0.717, 1.165) is 5.69 Å². The average Bonchev–Trinajstić information content (AvgIpc) is 2.76. The second-order valence-electron chi connectivity index (χ2n) is 6.12. The summed E-state index contributed by atoms with van der Waals surface area (Å²) >= 11 is 0. The summed E-state index contributed by atoms with van der Waals surface area (Å²) < 4.78 is 5.00. The van der Waals surface area contributed by atoms with Gasteiger partial charge in [0.15, 0.2) is 5.82 Å². The molecule has 0 radical (unpaired) electrons. The predicted octanol–water partition coefficient (Wildman–Crippen LogP) is 2.96. The molecule has 2 aromatic rings. The first-order chi connectivity index (χ1) is 9.38. The van der Waals surface area contributed by atoms with Crippen LogP contribution < -0.4 is 5.32 Å². The molecule has 0 saturated heterocycles. The first kappa shape index (κ1) is 14.7. The van der Waals surface area contributed by atoms with Crippen LogP contribution in [0, 0.1) is 19.3 Å². The van der Waals surface area contributed by atoms with Crippen LogP contribution in [-0.4, -0.2) is 15.1 Å². The lowest BCUT2D eigenvalue weighted by Crippen LogP contribution is -2.33. The van der Waals surface area contributed by atoms with Crippen molar-refractivity contribution in [3.8, 4) is 0 Å². The molecular weight excluding hydrogens is 252 g/mol. The molecule has 1 N–H and O–H groups in total. The quantitative estimate of drug-likeness (QED) is 0.928. The van der Waals surface area contributed by atoms with Gasteiger partial charge in [-0.25, -0.2) is 0 Å². The molecule has 2 aromatic heterocycles. The number of hydrogen-bond acceptors (Lipinski definition) is 5. The van der Waals surface area contributed by atoms with E-state index in [1.54, 1.807) is 6.92 Å². The monoisotopic (exact) mass is 274 g/mol. The van der Waals surface area contributed by atoms with Gasteiger partial charge in [0.25, 0.3) is 0 Å². The van der Waals surface area contributed by atoms with E-state index in [-0.39, 0.29) is 11.5 Å². The van der Waals surface area contributed by atoms with Crippen LogP contribution in [0.3, 0.4) is 0 Å². The summed E-state index contributed by atoms with van der Waals surface area (Å²) in [6.07, 6.45) is 1.83. The summed E-state index contributed by atoms with van der Waals surface area (Å²) in [5.74, 6) is 1.26. The Labute approximate surface area is 119 Å². The molecule has 0 aromatic carbocycles. The summed E-state index contributed by atoms with van der Waals surface area (Å²) in [6, 6.07) is 4.17. The fourth-order valence-electron chi connectivity index (χ4n) is 2.22. The van der Waals surface area contributed by atoms with Crippen LogP contribution in [0.4, 0.5) is 0 Å². The first-order valence-electron chi connectivity index (χ1n) is 6.82. The molecular formula is C15H22N4O. The molecule has 20 heavy (non-hydrogen) atoms. The summed E-state index contributed by atoms with van der Waals surface area (Å²) in [7, 11) is 0.